The van der Waals surface area contributed by atoms with Gasteiger partial charge in [0.25, 0.3) is 0 Å². The van der Waals surface area contributed by atoms with Crippen LogP contribution in [0.2, 0.25) is 0 Å². The highest BCUT2D eigenvalue weighted by molar-refractivity contribution is 7.88. The lowest BCUT2D eigenvalue weighted by atomic mass is 9.78. The zero-order chi connectivity index (χ0) is 18.7. The molecule has 1 saturated carbocycles. The molecule has 5 nitrogen and oxygen atoms in total. The first-order chi connectivity index (χ1) is 12.5. The first-order valence-corrected chi connectivity index (χ1v) is 10.9. The van der Waals surface area contributed by atoms with Gasteiger partial charge in [0.05, 0.1) is 25.0 Å². The third-order valence-electron chi connectivity index (χ3n) is 5.38. The fraction of sp³-hybridized carbons (Fsp3) is 0.550. The standard InChI is InChI=1S/C20H24N2O3S/c1-26(24,25)22-18(13-21)20(19(22)14-23)17-11-9-16(10-12-17)8-7-15-5-3-2-4-6-15/h9-12,15,18-20,23H,2-6,14H2,1H3/t18-,19-,20-/m0/s1. The minimum absolute atomic E-state index is 0.306. The normalized spacial score (nSPS) is 27.0. The van der Waals surface area contributed by atoms with Crippen molar-refractivity contribution in [3.8, 4) is 17.9 Å². The molecule has 1 saturated heterocycles. The molecule has 0 bridgehead atoms. The number of hydrogen-bond acceptors (Lipinski definition) is 4. The van der Waals surface area contributed by atoms with Crippen LogP contribution in [0.15, 0.2) is 24.3 Å². The maximum Gasteiger partial charge on any atom is 0.212 e. The highest BCUT2D eigenvalue weighted by Gasteiger charge is 2.53. The van der Waals surface area contributed by atoms with E-state index in [1.54, 1.807) is 0 Å². The second kappa shape index (κ2) is 7.80. The Morgan fingerprint density at radius 3 is 2.38 bits per heavy atom. The monoisotopic (exact) mass is 372 g/mol. The van der Waals surface area contributed by atoms with Gasteiger partial charge in [-0.25, -0.2) is 8.42 Å². The van der Waals surface area contributed by atoms with Crippen LogP contribution < -0.4 is 0 Å². The fourth-order valence-electron chi connectivity index (χ4n) is 4.04. The number of rotatable bonds is 3. The molecule has 1 heterocycles. The molecule has 1 aliphatic carbocycles. The number of hydrogen-bond donors (Lipinski definition) is 1. The summed E-state index contributed by atoms with van der Waals surface area (Å²) in [5.41, 5.74) is 1.78. The van der Waals surface area contributed by atoms with Gasteiger partial charge in [-0.3, -0.25) is 0 Å². The molecule has 3 atom stereocenters. The van der Waals surface area contributed by atoms with Crippen LogP contribution in [0, 0.1) is 29.1 Å². The van der Waals surface area contributed by atoms with Gasteiger partial charge in [-0.05, 0) is 30.5 Å². The lowest BCUT2D eigenvalue weighted by molar-refractivity contribution is 0.0564. The van der Waals surface area contributed by atoms with Crippen LogP contribution in [0.1, 0.15) is 49.1 Å². The quantitative estimate of drug-likeness (QED) is 0.825. The van der Waals surface area contributed by atoms with E-state index in [0.717, 1.165) is 21.7 Å². The lowest BCUT2D eigenvalue weighted by Crippen LogP contribution is -2.64. The molecule has 2 fully saturated rings. The fourth-order valence-corrected chi connectivity index (χ4v) is 5.32. The highest BCUT2D eigenvalue weighted by Crippen LogP contribution is 2.41. The number of nitrogens with zero attached hydrogens (tertiary/aromatic N) is 2. The summed E-state index contributed by atoms with van der Waals surface area (Å²) in [7, 11) is -3.53. The van der Waals surface area contributed by atoms with Crippen LogP contribution in [-0.4, -0.2) is 42.8 Å². The third kappa shape index (κ3) is 3.78. The molecular formula is C20H24N2O3S. The topological polar surface area (TPSA) is 81.4 Å². The van der Waals surface area contributed by atoms with Crippen molar-refractivity contribution in [3.63, 3.8) is 0 Å². The number of benzene rings is 1. The summed E-state index contributed by atoms with van der Waals surface area (Å²) in [5, 5.41) is 19.0. The van der Waals surface area contributed by atoms with Gasteiger partial charge in [-0.15, -0.1) is 0 Å². The molecule has 2 aliphatic rings. The predicted octanol–water partition coefficient (Wildman–Crippen LogP) is 2.23. The molecule has 26 heavy (non-hydrogen) atoms. The molecular weight excluding hydrogens is 348 g/mol. The largest absolute Gasteiger partial charge is 0.395 e. The minimum Gasteiger partial charge on any atom is -0.395 e. The molecule has 6 heteroatoms. The Balaban J connectivity index is 1.76. The number of sulfonamides is 1. The molecule has 1 aromatic carbocycles. The SMILES string of the molecule is CS(=O)(=O)N1[C@@H](C#N)[C@H](c2ccc(C#CC3CCCCC3)cc2)[C@@H]1CO. The smallest absolute Gasteiger partial charge is 0.212 e. The Bertz CT molecular complexity index is 840. The van der Waals surface area contributed by atoms with Gasteiger partial charge < -0.3 is 5.11 Å². The van der Waals surface area contributed by atoms with Crippen molar-refractivity contribution < 1.29 is 13.5 Å². The van der Waals surface area contributed by atoms with Crippen molar-refractivity contribution in [2.24, 2.45) is 5.92 Å². The molecule has 0 spiro atoms. The van der Waals surface area contributed by atoms with Crippen molar-refractivity contribution in [3.05, 3.63) is 35.4 Å². The first-order valence-electron chi connectivity index (χ1n) is 9.06. The van der Waals surface area contributed by atoms with Crippen LogP contribution in [0.5, 0.6) is 0 Å². The predicted molar refractivity (Wildman–Crippen MR) is 99.6 cm³/mol. The van der Waals surface area contributed by atoms with E-state index in [0.29, 0.717) is 5.92 Å². The van der Waals surface area contributed by atoms with Gasteiger partial charge in [0, 0.05) is 17.4 Å². The summed E-state index contributed by atoms with van der Waals surface area (Å²) < 4.78 is 24.8. The van der Waals surface area contributed by atoms with Crippen molar-refractivity contribution in [1.29, 1.82) is 5.26 Å². The molecule has 1 aromatic rings. The van der Waals surface area contributed by atoms with E-state index in [9.17, 15) is 18.8 Å². The summed E-state index contributed by atoms with van der Waals surface area (Å²) >= 11 is 0. The molecule has 0 unspecified atom stereocenters. The molecule has 3 rings (SSSR count). The van der Waals surface area contributed by atoms with E-state index < -0.39 is 22.1 Å². The maximum absolute atomic E-state index is 11.9. The van der Waals surface area contributed by atoms with Crippen LogP contribution in [0.4, 0.5) is 0 Å². The molecule has 0 radical (unpaired) electrons. The van der Waals surface area contributed by atoms with Crippen LogP contribution >= 0.6 is 0 Å². The lowest BCUT2D eigenvalue weighted by Gasteiger charge is -2.49. The molecule has 0 aromatic heterocycles. The summed E-state index contributed by atoms with van der Waals surface area (Å²) in [6.07, 6.45) is 7.25. The molecule has 0 amide bonds. The third-order valence-corrected chi connectivity index (χ3v) is 6.64. The summed E-state index contributed by atoms with van der Waals surface area (Å²) in [6.45, 7) is -0.306. The van der Waals surface area contributed by atoms with Crippen molar-refractivity contribution in [2.45, 2.75) is 50.1 Å². The van der Waals surface area contributed by atoms with Gasteiger partial charge in [0.2, 0.25) is 10.0 Å². The molecule has 138 valence electrons. The zero-order valence-corrected chi connectivity index (χ0v) is 15.7. The second-order valence-electron chi connectivity index (χ2n) is 7.17. The minimum atomic E-state index is -3.53. The van der Waals surface area contributed by atoms with Gasteiger partial charge in [0.15, 0.2) is 0 Å². The van der Waals surface area contributed by atoms with Crippen molar-refractivity contribution >= 4 is 10.0 Å². The highest BCUT2D eigenvalue weighted by atomic mass is 32.2. The first kappa shape index (κ1) is 18.9. The number of nitriles is 1. The van der Waals surface area contributed by atoms with Crippen LogP contribution in [0.3, 0.4) is 0 Å². The number of aliphatic hydroxyl groups excluding tert-OH is 1. The Morgan fingerprint density at radius 1 is 1.19 bits per heavy atom. The van der Waals surface area contributed by atoms with Gasteiger partial charge in [-0.2, -0.15) is 9.57 Å². The van der Waals surface area contributed by atoms with E-state index in [1.807, 2.05) is 24.3 Å². The average molecular weight is 372 g/mol. The van der Waals surface area contributed by atoms with E-state index >= 15 is 0 Å². The van der Waals surface area contributed by atoms with E-state index in [-0.39, 0.29) is 12.5 Å². The average Bonchev–Trinajstić information content (AvgIpc) is 2.60. The van der Waals surface area contributed by atoms with Crippen molar-refractivity contribution in [2.75, 3.05) is 12.9 Å². The zero-order valence-electron chi connectivity index (χ0n) is 14.9. The van der Waals surface area contributed by atoms with Crippen molar-refractivity contribution in [1.82, 2.24) is 4.31 Å². The van der Waals surface area contributed by atoms with E-state index in [2.05, 4.69) is 17.9 Å². The Kier molecular flexibility index (Phi) is 5.67. The van der Waals surface area contributed by atoms with Gasteiger partial charge in [-0.1, -0.05) is 43.2 Å². The molecule has 1 aliphatic heterocycles. The Morgan fingerprint density at radius 2 is 1.85 bits per heavy atom. The second-order valence-corrected chi connectivity index (χ2v) is 9.06. The van der Waals surface area contributed by atoms with Crippen LogP contribution in [0.25, 0.3) is 0 Å². The van der Waals surface area contributed by atoms with Crippen LogP contribution in [-0.2, 0) is 10.0 Å². The molecule has 1 N–H and O–H groups in total. The summed E-state index contributed by atoms with van der Waals surface area (Å²) in [4.78, 5) is 0. The Hall–Kier alpha value is -1.86. The summed E-state index contributed by atoms with van der Waals surface area (Å²) in [5.74, 6) is 6.75. The van der Waals surface area contributed by atoms with E-state index in [4.69, 9.17) is 0 Å². The number of aliphatic hydroxyl groups is 1. The Labute approximate surface area is 155 Å². The van der Waals surface area contributed by atoms with E-state index in [1.165, 1.54) is 32.1 Å². The maximum atomic E-state index is 11.9. The summed E-state index contributed by atoms with van der Waals surface area (Å²) in [6, 6.07) is 8.31. The van der Waals surface area contributed by atoms with Gasteiger partial charge in [0.1, 0.15) is 6.04 Å². The van der Waals surface area contributed by atoms with Gasteiger partial charge >= 0.3 is 0 Å².